The van der Waals surface area contributed by atoms with Crippen LogP contribution in [0.15, 0.2) is 42.5 Å². The highest BCUT2D eigenvalue weighted by Crippen LogP contribution is 2.26. The van der Waals surface area contributed by atoms with Crippen LogP contribution in [0.3, 0.4) is 0 Å². The van der Waals surface area contributed by atoms with Crippen molar-refractivity contribution in [2.24, 2.45) is 0 Å². The largest absolute Gasteiger partial charge is 0.369 e. The highest BCUT2D eigenvalue weighted by atomic mass is 35.5. The van der Waals surface area contributed by atoms with Crippen molar-refractivity contribution in [3.8, 4) is 0 Å². The minimum Gasteiger partial charge on any atom is -0.369 e. The predicted molar refractivity (Wildman–Crippen MR) is 112 cm³/mol. The minimum atomic E-state index is -0.146. The second-order valence-corrected chi connectivity index (χ2v) is 7.54. The van der Waals surface area contributed by atoms with Crippen LogP contribution in [-0.2, 0) is 0 Å². The van der Waals surface area contributed by atoms with E-state index >= 15 is 0 Å². The molecular formula is C21H23ClN4O. The number of hydrogen-bond acceptors (Lipinski definition) is 3. The maximum atomic E-state index is 12.7. The van der Waals surface area contributed by atoms with Crippen molar-refractivity contribution in [2.75, 3.05) is 43.4 Å². The maximum Gasteiger partial charge on any atom is 0.272 e. The lowest BCUT2D eigenvalue weighted by atomic mass is 10.1. The number of benzene rings is 2. The summed E-state index contributed by atoms with van der Waals surface area (Å²) < 4.78 is 0. The summed E-state index contributed by atoms with van der Waals surface area (Å²) in [4.78, 5) is 20.6. The van der Waals surface area contributed by atoms with Gasteiger partial charge in [0.15, 0.2) is 0 Å². The molecule has 27 heavy (non-hydrogen) atoms. The van der Waals surface area contributed by atoms with Gasteiger partial charge in [-0.15, -0.1) is 0 Å². The topological polar surface area (TPSA) is 51.4 Å². The summed E-state index contributed by atoms with van der Waals surface area (Å²) in [5.41, 5.74) is 4.34. The van der Waals surface area contributed by atoms with Crippen LogP contribution in [0.1, 0.15) is 16.1 Å². The average molecular weight is 383 g/mol. The molecule has 4 rings (SSSR count). The molecular weight excluding hydrogens is 360 g/mol. The first-order valence-corrected chi connectivity index (χ1v) is 9.52. The third-order valence-electron chi connectivity index (χ3n) is 5.24. The number of nitrogens with zero attached hydrogens (tertiary/aromatic N) is 2. The van der Waals surface area contributed by atoms with E-state index in [0.717, 1.165) is 48.3 Å². The normalized spacial score (nSPS) is 15.3. The predicted octanol–water partition coefficient (Wildman–Crippen LogP) is 4.13. The Labute approximate surface area is 163 Å². The summed E-state index contributed by atoms with van der Waals surface area (Å²) in [6.45, 7) is 6.14. The molecule has 2 heterocycles. The van der Waals surface area contributed by atoms with Gasteiger partial charge in [0, 0.05) is 53.5 Å². The molecule has 0 unspecified atom stereocenters. The van der Waals surface area contributed by atoms with Gasteiger partial charge in [0.05, 0.1) is 0 Å². The van der Waals surface area contributed by atoms with Gasteiger partial charge in [0.2, 0.25) is 0 Å². The Morgan fingerprint density at radius 2 is 1.78 bits per heavy atom. The van der Waals surface area contributed by atoms with Crippen LogP contribution >= 0.6 is 11.6 Å². The molecule has 0 spiro atoms. The fourth-order valence-electron chi connectivity index (χ4n) is 3.55. The van der Waals surface area contributed by atoms with E-state index in [4.69, 9.17) is 11.6 Å². The number of rotatable bonds is 3. The fraction of sp³-hybridized carbons (Fsp3) is 0.286. The molecule has 0 bridgehead atoms. The van der Waals surface area contributed by atoms with Crippen molar-refractivity contribution in [1.29, 1.82) is 0 Å². The SMILES string of the molecule is Cc1c(C(=O)Nc2ccc(N3CCN(C)CC3)cc2)[nH]c2cc(Cl)ccc12. The third-order valence-corrected chi connectivity index (χ3v) is 5.48. The molecule has 0 saturated carbocycles. The van der Waals surface area contributed by atoms with Gasteiger partial charge in [0.25, 0.3) is 5.91 Å². The van der Waals surface area contributed by atoms with Gasteiger partial charge in [-0.3, -0.25) is 4.79 Å². The first kappa shape index (κ1) is 17.9. The number of nitrogens with one attached hydrogen (secondary N) is 2. The van der Waals surface area contributed by atoms with Crippen molar-refractivity contribution in [1.82, 2.24) is 9.88 Å². The zero-order valence-electron chi connectivity index (χ0n) is 15.6. The van der Waals surface area contributed by atoms with Gasteiger partial charge >= 0.3 is 0 Å². The van der Waals surface area contributed by atoms with E-state index in [1.807, 2.05) is 37.3 Å². The summed E-state index contributed by atoms with van der Waals surface area (Å²) in [6, 6.07) is 13.7. The molecule has 3 aromatic rings. The van der Waals surface area contributed by atoms with Crippen LogP contribution in [-0.4, -0.2) is 49.0 Å². The summed E-state index contributed by atoms with van der Waals surface area (Å²) >= 11 is 6.05. The molecule has 1 aromatic heterocycles. The van der Waals surface area contributed by atoms with Gasteiger partial charge in [0.1, 0.15) is 5.69 Å². The van der Waals surface area contributed by atoms with Crippen LogP contribution in [0.4, 0.5) is 11.4 Å². The smallest absolute Gasteiger partial charge is 0.272 e. The quantitative estimate of drug-likeness (QED) is 0.716. The lowest BCUT2D eigenvalue weighted by Crippen LogP contribution is -2.44. The molecule has 2 N–H and O–H groups in total. The highest BCUT2D eigenvalue weighted by molar-refractivity contribution is 6.31. The summed E-state index contributed by atoms with van der Waals surface area (Å²) in [6.07, 6.45) is 0. The number of carbonyl (C=O) groups is 1. The number of aromatic nitrogens is 1. The van der Waals surface area contributed by atoms with Crippen molar-refractivity contribution >= 4 is 39.8 Å². The first-order chi connectivity index (χ1) is 13.0. The number of piperazine rings is 1. The minimum absolute atomic E-state index is 0.146. The number of hydrogen-bond donors (Lipinski definition) is 2. The number of amides is 1. The van der Waals surface area contributed by atoms with Crippen LogP contribution in [0.5, 0.6) is 0 Å². The number of anilines is 2. The van der Waals surface area contributed by atoms with Crippen molar-refractivity contribution < 1.29 is 4.79 Å². The summed E-state index contributed by atoms with van der Waals surface area (Å²) in [7, 11) is 2.15. The molecule has 1 aliphatic rings. The molecule has 0 radical (unpaired) electrons. The van der Waals surface area contributed by atoms with Gasteiger partial charge in [-0.25, -0.2) is 0 Å². The van der Waals surface area contributed by atoms with Crippen LogP contribution in [0.25, 0.3) is 10.9 Å². The van der Waals surface area contributed by atoms with Gasteiger partial charge < -0.3 is 20.1 Å². The maximum absolute atomic E-state index is 12.7. The molecule has 0 atom stereocenters. The Balaban J connectivity index is 1.49. The lowest BCUT2D eigenvalue weighted by molar-refractivity contribution is 0.102. The molecule has 6 heteroatoms. The molecule has 1 aliphatic heterocycles. The lowest BCUT2D eigenvalue weighted by Gasteiger charge is -2.34. The highest BCUT2D eigenvalue weighted by Gasteiger charge is 2.16. The number of fused-ring (bicyclic) bond motifs is 1. The number of aryl methyl sites for hydroxylation is 1. The van der Waals surface area contributed by atoms with Crippen LogP contribution in [0.2, 0.25) is 5.02 Å². The number of aromatic amines is 1. The van der Waals surface area contributed by atoms with Crippen molar-refractivity contribution in [2.45, 2.75) is 6.92 Å². The molecule has 5 nitrogen and oxygen atoms in total. The first-order valence-electron chi connectivity index (χ1n) is 9.14. The van der Waals surface area contributed by atoms with E-state index in [1.165, 1.54) is 5.69 Å². The van der Waals surface area contributed by atoms with E-state index in [2.05, 4.69) is 39.3 Å². The van der Waals surface area contributed by atoms with E-state index in [9.17, 15) is 4.79 Å². The number of likely N-dealkylation sites (N-methyl/N-ethyl adjacent to an activating group) is 1. The number of carbonyl (C=O) groups excluding carboxylic acids is 1. The van der Waals surface area contributed by atoms with E-state index in [-0.39, 0.29) is 5.91 Å². The molecule has 0 aliphatic carbocycles. The second kappa shape index (κ2) is 7.25. The Bertz CT molecular complexity index is 972. The van der Waals surface area contributed by atoms with Gasteiger partial charge in [-0.1, -0.05) is 17.7 Å². The zero-order valence-corrected chi connectivity index (χ0v) is 16.3. The Kier molecular flexibility index (Phi) is 4.81. The van der Waals surface area contributed by atoms with Gasteiger partial charge in [-0.05, 0) is 55.9 Å². The number of H-pyrrole nitrogens is 1. The Morgan fingerprint density at radius 1 is 1.07 bits per heavy atom. The second-order valence-electron chi connectivity index (χ2n) is 7.11. The van der Waals surface area contributed by atoms with Crippen LogP contribution in [0, 0.1) is 6.92 Å². The van der Waals surface area contributed by atoms with Crippen molar-refractivity contribution in [3.63, 3.8) is 0 Å². The summed E-state index contributed by atoms with van der Waals surface area (Å²) in [5.74, 6) is -0.146. The van der Waals surface area contributed by atoms with E-state index in [0.29, 0.717) is 10.7 Å². The van der Waals surface area contributed by atoms with E-state index < -0.39 is 0 Å². The van der Waals surface area contributed by atoms with E-state index in [1.54, 1.807) is 0 Å². The molecule has 2 aromatic carbocycles. The standard InChI is InChI=1S/C21H23ClN4O/c1-14-18-8-3-15(22)13-19(18)24-20(14)21(27)23-16-4-6-17(7-5-16)26-11-9-25(2)10-12-26/h3-8,13,24H,9-12H2,1-2H3,(H,23,27). The monoisotopic (exact) mass is 382 g/mol. The number of halogens is 1. The fourth-order valence-corrected chi connectivity index (χ4v) is 3.72. The molecule has 140 valence electrons. The zero-order chi connectivity index (χ0) is 19.0. The van der Waals surface area contributed by atoms with Crippen LogP contribution < -0.4 is 10.2 Å². The molecule has 1 fully saturated rings. The Morgan fingerprint density at radius 3 is 2.48 bits per heavy atom. The van der Waals surface area contributed by atoms with Crippen molar-refractivity contribution in [3.05, 3.63) is 58.7 Å². The molecule has 1 amide bonds. The Hall–Kier alpha value is -2.50. The third kappa shape index (κ3) is 3.66. The molecule has 1 saturated heterocycles. The van der Waals surface area contributed by atoms with Gasteiger partial charge in [-0.2, -0.15) is 0 Å². The average Bonchev–Trinajstić information content (AvgIpc) is 2.99. The summed E-state index contributed by atoms with van der Waals surface area (Å²) in [5, 5.41) is 4.64.